The average molecular weight is 859 g/mol. The number of benzene rings is 4. The van der Waals surface area contributed by atoms with E-state index >= 15 is 0 Å². The zero-order valence-electron chi connectivity index (χ0n) is 35.5. The SMILES string of the molecule is COc1c(C(C)(C)C)cc2[cH-]c(C)cc2c1-c1cc(C)cc(C)c1.COc1c(C(C)(C)C)cc2[cH-]c(C)cc2c1-c1cc(C)cc(C)c1.C[Si](C)=[Zr]([Cl])[Cl]. The number of hydrogen-bond acceptors (Lipinski definition) is 2. The summed E-state index contributed by atoms with van der Waals surface area (Å²) in [6, 6.07) is 27.2. The number of fused-ring (bicyclic) bond motifs is 2. The molecule has 0 saturated heterocycles. The van der Waals surface area contributed by atoms with Crippen molar-refractivity contribution in [2.45, 2.75) is 107 Å². The van der Waals surface area contributed by atoms with Gasteiger partial charge in [-0.2, -0.15) is 12.1 Å². The van der Waals surface area contributed by atoms with E-state index in [4.69, 9.17) is 26.5 Å². The maximum absolute atomic E-state index is 5.95. The van der Waals surface area contributed by atoms with Crippen LogP contribution in [0, 0.1) is 41.5 Å². The Morgan fingerprint density at radius 3 is 1.06 bits per heavy atom. The van der Waals surface area contributed by atoms with Crippen molar-refractivity contribution in [1.29, 1.82) is 0 Å². The van der Waals surface area contributed by atoms with Crippen LogP contribution in [0.15, 0.2) is 72.8 Å². The fourth-order valence-corrected chi connectivity index (χ4v) is 7.33. The molecule has 6 aromatic rings. The summed E-state index contributed by atoms with van der Waals surface area (Å²) in [6.07, 6.45) is 0. The number of methoxy groups -OCH3 is 2. The van der Waals surface area contributed by atoms with Gasteiger partial charge in [0, 0.05) is 0 Å². The van der Waals surface area contributed by atoms with Crippen LogP contribution in [0.5, 0.6) is 11.5 Å². The molecule has 6 aromatic carbocycles. The van der Waals surface area contributed by atoms with E-state index in [0.29, 0.717) is 0 Å². The van der Waals surface area contributed by atoms with Crippen molar-refractivity contribution in [3.63, 3.8) is 0 Å². The van der Waals surface area contributed by atoms with Gasteiger partial charge in [0.15, 0.2) is 0 Å². The normalized spacial score (nSPS) is 11.5. The van der Waals surface area contributed by atoms with Crippen LogP contribution in [0.25, 0.3) is 43.8 Å². The van der Waals surface area contributed by atoms with Crippen molar-refractivity contribution in [3.05, 3.63) is 117 Å². The topological polar surface area (TPSA) is 18.5 Å². The molecule has 0 atom stereocenters. The van der Waals surface area contributed by atoms with Crippen molar-refractivity contribution in [3.8, 4) is 33.8 Å². The molecule has 0 saturated carbocycles. The minimum atomic E-state index is -1.65. The fraction of sp³-hybridized carbons (Fsp3) is 0.375. The molecule has 0 aromatic heterocycles. The van der Waals surface area contributed by atoms with Crippen LogP contribution >= 0.6 is 17.0 Å². The Morgan fingerprint density at radius 2 is 0.815 bits per heavy atom. The average Bonchev–Trinajstić information content (AvgIpc) is 3.61. The van der Waals surface area contributed by atoms with Gasteiger partial charge in [-0.15, -0.1) is 56.9 Å². The third kappa shape index (κ3) is 10.4. The first kappa shape index (κ1) is 44.1. The predicted octanol–water partition coefficient (Wildman–Crippen LogP) is 15.1. The molecule has 2 nitrogen and oxygen atoms in total. The van der Waals surface area contributed by atoms with Gasteiger partial charge in [-0.1, -0.05) is 114 Å². The molecule has 6 heteroatoms. The summed E-state index contributed by atoms with van der Waals surface area (Å²) in [7, 11) is 14.8. The molecule has 6 rings (SSSR count). The summed E-state index contributed by atoms with van der Waals surface area (Å²) in [5.41, 5.74) is 15.0. The van der Waals surface area contributed by atoms with E-state index in [-0.39, 0.29) is 16.3 Å². The molecule has 0 fully saturated rings. The Kier molecular flexibility index (Phi) is 14.4. The van der Waals surface area contributed by atoms with E-state index < -0.39 is 18.0 Å². The van der Waals surface area contributed by atoms with Gasteiger partial charge in [0.2, 0.25) is 0 Å². The number of halogens is 2. The van der Waals surface area contributed by atoms with Crippen LogP contribution in [-0.2, 0) is 28.8 Å². The molecular weight excluding hydrogens is 799 g/mol. The van der Waals surface area contributed by atoms with Gasteiger partial charge < -0.3 is 9.47 Å². The first-order valence-corrected chi connectivity index (χ1v) is 31.3. The summed E-state index contributed by atoms with van der Waals surface area (Å²) in [6.45, 7) is 30.8. The third-order valence-electron chi connectivity index (χ3n) is 9.64. The molecule has 0 N–H and O–H groups in total. The van der Waals surface area contributed by atoms with E-state index in [1.165, 1.54) is 88.3 Å². The van der Waals surface area contributed by atoms with Gasteiger partial charge in [-0.25, -0.2) is 0 Å². The molecule has 288 valence electrons. The Balaban J connectivity index is 0.000000209. The Morgan fingerprint density at radius 1 is 0.519 bits per heavy atom. The van der Waals surface area contributed by atoms with Crippen LogP contribution in [0.2, 0.25) is 13.1 Å². The minimum absolute atomic E-state index is 0.0261. The second-order valence-electron chi connectivity index (χ2n) is 17.2. The monoisotopic (exact) mass is 856 g/mol. The van der Waals surface area contributed by atoms with E-state index in [1.807, 2.05) is 0 Å². The van der Waals surface area contributed by atoms with Crippen molar-refractivity contribution in [2.24, 2.45) is 0 Å². The fourth-order valence-electron chi connectivity index (χ4n) is 7.33. The molecule has 0 aliphatic rings. The quantitative estimate of drug-likeness (QED) is 0.130. The Hall–Kier alpha value is -2.62. The number of rotatable bonds is 4. The Labute approximate surface area is 341 Å². The van der Waals surface area contributed by atoms with Gasteiger partial charge in [0.25, 0.3) is 0 Å². The summed E-state index contributed by atoms with van der Waals surface area (Å²) in [4.78, 5) is 0. The second kappa shape index (κ2) is 17.7. The van der Waals surface area contributed by atoms with Crippen LogP contribution in [0.3, 0.4) is 0 Å². The molecule has 0 radical (unpaired) electrons. The third-order valence-corrected chi connectivity index (χ3v) is 29.4. The number of aryl methyl sites for hydroxylation is 6. The van der Waals surface area contributed by atoms with Gasteiger partial charge in [-0.3, -0.25) is 0 Å². The predicted molar refractivity (Wildman–Crippen MR) is 238 cm³/mol. The maximum atomic E-state index is 5.95. The molecule has 0 amide bonds. The molecule has 0 spiro atoms. The molecule has 54 heavy (non-hydrogen) atoms. The van der Waals surface area contributed by atoms with Crippen LogP contribution in [0.4, 0.5) is 0 Å². The van der Waals surface area contributed by atoms with E-state index in [2.05, 4.69) is 169 Å². The molecular formula is C48H60Cl2O2SiZr-2. The van der Waals surface area contributed by atoms with E-state index in [1.54, 1.807) is 14.2 Å². The first-order valence-electron chi connectivity index (χ1n) is 18.8. The molecule has 0 unspecified atom stereocenters. The molecule has 0 bridgehead atoms. The van der Waals surface area contributed by atoms with Crippen LogP contribution in [-0.4, -0.2) is 19.7 Å². The molecule has 0 aliphatic heterocycles. The number of ether oxygens (including phenoxy) is 2. The van der Waals surface area contributed by atoms with Crippen LogP contribution in [0.1, 0.15) is 86.1 Å². The summed E-state index contributed by atoms with van der Waals surface area (Å²) < 4.78 is 11.9. The van der Waals surface area contributed by atoms with Gasteiger partial charge in [-0.05, 0) is 71.9 Å². The summed E-state index contributed by atoms with van der Waals surface area (Å²) in [5.74, 6) is 2.01. The van der Waals surface area contributed by atoms with Gasteiger partial charge >= 0.3 is 53.5 Å². The van der Waals surface area contributed by atoms with Gasteiger partial charge in [0.05, 0.1) is 14.2 Å². The second-order valence-corrected chi connectivity index (χ2v) is 40.2. The standard InChI is InChI=1S/2C23H27O.C2H6Si.2ClH.Zr/c2*1-14-8-15(2)11-18(10-14)21-19-12-16(3)9-17(19)13-20(22(21)24-7)23(4,5)6;1-3-2;;;/h2*8-13H,1-7H3;1-2H3;2*1H;/q2*-1;;;;+2/p-2. The van der Waals surface area contributed by atoms with Gasteiger partial charge in [0.1, 0.15) is 11.5 Å². The zero-order valence-corrected chi connectivity index (χ0v) is 40.5. The van der Waals surface area contributed by atoms with E-state index in [9.17, 15) is 0 Å². The molecule has 0 heterocycles. The van der Waals surface area contributed by atoms with Crippen molar-refractivity contribution < 1.29 is 27.5 Å². The van der Waals surface area contributed by atoms with Crippen molar-refractivity contribution >= 4 is 44.0 Å². The summed E-state index contributed by atoms with van der Waals surface area (Å²) >= 11 is -1.65. The van der Waals surface area contributed by atoms with Crippen molar-refractivity contribution in [1.82, 2.24) is 0 Å². The number of hydrogen-bond donors (Lipinski definition) is 0. The summed E-state index contributed by atoms with van der Waals surface area (Å²) in [5, 5.41) is 5.16. The van der Waals surface area contributed by atoms with Crippen molar-refractivity contribution in [2.75, 3.05) is 14.2 Å². The van der Waals surface area contributed by atoms with E-state index in [0.717, 1.165) is 11.5 Å². The molecule has 0 aliphatic carbocycles. The zero-order chi connectivity index (χ0) is 40.4. The van der Waals surface area contributed by atoms with Crippen LogP contribution < -0.4 is 9.47 Å². The first-order chi connectivity index (χ1) is 25.0. The Bertz CT molecular complexity index is 2110.